The van der Waals surface area contributed by atoms with Gasteiger partial charge in [0, 0.05) is 10.6 Å². The number of carboxylic acids is 2. The van der Waals surface area contributed by atoms with E-state index in [2.05, 4.69) is 0 Å². The molecule has 0 spiro atoms. The van der Waals surface area contributed by atoms with Crippen LogP contribution in [0.15, 0.2) is 65.6 Å². The lowest BCUT2D eigenvalue weighted by molar-refractivity contribution is -0.113. The van der Waals surface area contributed by atoms with E-state index in [1.165, 1.54) is 12.1 Å². The number of ether oxygens (including phenoxy) is 2. The van der Waals surface area contributed by atoms with E-state index < -0.39 is 17.8 Å². The summed E-state index contributed by atoms with van der Waals surface area (Å²) in [7, 11) is 0. The van der Waals surface area contributed by atoms with Crippen LogP contribution in [0, 0.1) is 0 Å². The summed E-state index contributed by atoms with van der Waals surface area (Å²) in [6, 6.07) is 16.0. The van der Waals surface area contributed by atoms with Gasteiger partial charge in [0.05, 0.1) is 28.3 Å². The summed E-state index contributed by atoms with van der Waals surface area (Å²) in [4.78, 5) is 37.6. The summed E-state index contributed by atoms with van der Waals surface area (Å²) in [5.41, 5.74) is 0.983. The zero-order valence-electron chi connectivity index (χ0n) is 19.8. The summed E-state index contributed by atoms with van der Waals surface area (Å²) >= 11 is 12.6. The average Bonchev–Trinajstić information content (AvgIpc) is 3.16. The number of hydrogen-bond donors (Lipinski definition) is 2. The first-order valence-corrected chi connectivity index (χ1v) is 12.8. The third kappa shape index (κ3) is 5.99. The van der Waals surface area contributed by atoms with Crippen LogP contribution in [-0.2, 0) is 11.4 Å². The normalized spacial score (nSPS) is 14.2. The van der Waals surface area contributed by atoms with Gasteiger partial charge in [-0.25, -0.2) is 9.59 Å². The van der Waals surface area contributed by atoms with Crippen molar-refractivity contribution in [3.63, 3.8) is 0 Å². The number of rotatable bonds is 9. The van der Waals surface area contributed by atoms with Crippen LogP contribution in [0.3, 0.4) is 0 Å². The van der Waals surface area contributed by atoms with Crippen molar-refractivity contribution in [1.29, 1.82) is 0 Å². The highest BCUT2D eigenvalue weighted by Crippen LogP contribution is 2.38. The number of carbonyl (C=O) groups is 3. The Morgan fingerprint density at radius 2 is 1.68 bits per heavy atom. The van der Waals surface area contributed by atoms with Crippen molar-refractivity contribution >= 4 is 69.5 Å². The Morgan fingerprint density at radius 3 is 2.32 bits per heavy atom. The molecule has 1 fully saturated rings. The Morgan fingerprint density at radius 1 is 1.00 bits per heavy atom. The average molecular weight is 570 g/mol. The summed E-state index contributed by atoms with van der Waals surface area (Å²) < 4.78 is 11.8. The number of amides is 1. The van der Waals surface area contributed by atoms with Crippen LogP contribution in [-0.4, -0.2) is 39.0 Å². The molecule has 0 aromatic heterocycles. The summed E-state index contributed by atoms with van der Waals surface area (Å²) in [5, 5.41) is 19.3. The maximum atomic E-state index is 13.2. The van der Waals surface area contributed by atoms with Crippen molar-refractivity contribution in [2.75, 3.05) is 11.5 Å². The van der Waals surface area contributed by atoms with Gasteiger partial charge in [0.1, 0.15) is 6.61 Å². The molecule has 1 aliphatic rings. The smallest absolute Gasteiger partial charge is 0.335 e. The molecule has 0 atom stereocenters. The van der Waals surface area contributed by atoms with Crippen molar-refractivity contribution < 1.29 is 34.1 Å². The molecule has 4 rings (SSSR count). The third-order valence-electron chi connectivity index (χ3n) is 5.37. The molecule has 3 aromatic rings. The first-order chi connectivity index (χ1) is 18.2. The summed E-state index contributed by atoms with van der Waals surface area (Å²) in [5.74, 6) is -2.17. The van der Waals surface area contributed by atoms with E-state index >= 15 is 0 Å². The van der Waals surface area contributed by atoms with Gasteiger partial charge in [0.2, 0.25) is 0 Å². The predicted octanol–water partition coefficient (Wildman–Crippen LogP) is 6.12. The molecule has 0 unspecified atom stereocenters. The molecule has 38 heavy (non-hydrogen) atoms. The molecule has 1 amide bonds. The van der Waals surface area contributed by atoms with Crippen LogP contribution in [0.2, 0.25) is 5.02 Å². The Bertz CT molecular complexity index is 1460. The number of aromatic carboxylic acids is 2. The molecule has 11 heteroatoms. The number of hydrogen-bond acceptors (Lipinski definition) is 7. The highest BCUT2D eigenvalue weighted by atomic mass is 35.5. The van der Waals surface area contributed by atoms with Gasteiger partial charge in [0.25, 0.3) is 5.91 Å². The van der Waals surface area contributed by atoms with Crippen molar-refractivity contribution in [3.05, 3.63) is 92.8 Å². The number of thiocarbonyl (C=S) groups is 1. The Balaban J connectivity index is 1.61. The predicted molar refractivity (Wildman–Crippen MR) is 149 cm³/mol. The number of thioether (sulfide) groups is 1. The van der Waals surface area contributed by atoms with Crippen molar-refractivity contribution in [2.45, 2.75) is 13.5 Å². The van der Waals surface area contributed by atoms with Crippen LogP contribution >= 0.6 is 35.6 Å². The quantitative estimate of drug-likeness (QED) is 0.232. The molecule has 0 bridgehead atoms. The van der Waals surface area contributed by atoms with Gasteiger partial charge in [-0.15, -0.1) is 0 Å². The van der Waals surface area contributed by atoms with Crippen LogP contribution in [0.5, 0.6) is 11.5 Å². The van der Waals surface area contributed by atoms with E-state index in [-0.39, 0.29) is 32.6 Å². The second-order valence-corrected chi connectivity index (χ2v) is 10.00. The van der Waals surface area contributed by atoms with E-state index in [4.69, 9.17) is 33.3 Å². The number of anilines is 1. The Hall–Kier alpha value is -3.86. The van der Waals surface area contributed by atoms with Gasteiger partial charge in [-0.1, -0.05) is 59.8 Å². The minimum Gasteiger partial charge on any atom is -0.490 e. The molecular weight excluding hydrogens is 550 g/mol. The Kier molecular flexibility index (Phi) is 8.35. The van der Waals surface area contributed by atoms with E-state index in [0.717, 1.165) is 28.3 Å². The summed E-state index contributed by atoms with van der Waals surface area (Å²) in [6.45, 7) is 2.47. The molecule has 2 N–H and O–H groups in total. The minimum atomic E-state index is -1.32. The van der Waals surface area contributed by atoms with Crippen molar-refractivity contribution in [2.24, 2.45) is 0 Å². The van der Waals surface area contributed by atoms with Gasteiger partial charge in [-0.3, -0.25) is 9.69 Å². The highest BCUT2D eigenvalue weighted by molar-refractivity contribution is 8.27. The van der Waals surface area contributed by atoms with E-state index in [1.54, 1.807) is 30.3 Å². The molecule has 1 saturated heterocycles. The van der Waals surface area contributed by atoms with Crippen molar-refractivity contribution in [3.8, 4) is 11.5 Å². The molecule has 3 aromatic carbocycles. The Labute approximate surface area is 232 Å². The molecular formula is C27H20ClNO7S2. The van der Waals surface area contributed by atoms with Crippen LogP contribution in [0.25, 0.3) is 6.08 Å². The molecule has 0 saturated carbocycles. The second-order valence-electron chi connectivity index (χ2n) is 7.92. The van der Waals surface area contributed by atoms with Gasteiger partial charge < -0.3 is 19.7 Å². The topological polar surface area (TPSA) is 113 Å². The maximum Gasteiger partial charge on any atom is 0.335 e. The molecule has 8 nitrogen and oxygen atoms in total. The number of carboxylic acid groups (broad SMARTS) is 2. The third-order valence-corrected chi connectivity index (χ3v) is 7.04. The first-order valence-electron chi connectivity index (χ1n) is 11.2. The van der Waals surface area contributed by atoms with E-state index in [1.807, 2.05) is 25.1 Å². The zero-order valence-corrected chi connectivity index (χ0v) is 22.2. The first kappa shape index (κ1) is 27.2. The number of benzene rings is 3. The monoisotopic (exact) mass is 569 g/mol. The number of halogens is 1. The lowest BCUT2D eigenvalue weighted by Crippen LogP contribution is -2.28. The lowest BCUT2D eigenvalue weighted by atomic mass is 10.1. The van der Waals surface area contributed by atoms with Gasteiger partial charge in [-0.05, 0) is 55.0 Å². The number of carbonyl (C=O) groups excluding carboxylic acids is 1. The van der Waals surface area contributed by atoms with Crippen molar-refractivity contribution in [1.82, 2.24) is 0 Å². The fourth-order valence-corrected chi connectivity index (χ4v) is 5.09. The molecule has 0 radical (unpaired) electrons. The van der Waals surface area contributed by atoms with Gasteiger partial charge in [0.15, 0.2) is 15.8 Å². The van der Waals surface area contributed by atoms with Gasteiger partial charge >= 0.3 is 11.9 Å². The van der Waals surface area contributed by atoms with E-state index in [0.29, 0.717) is 28.7 Å². The second kappa shape index (κ2) is 11.7. The highest BCUT2D eigenvalue weighted by Gasteiger charge is 2.34. The fourth-order valence-electron chi connectivity index (χ4n) is 3.60. The largest absolute Gasteiger partial charge is 0.490 e. The van der Waals surface area contributed by atoms with E-state index in [9.17, 15) is 24.6 Å². The number of nitrogens with zero attached hydrogens (tertiary/aromatic N) is 1. The SMILES string of the molecule is CCOc1cc(/C=C2\SC(=S)N(c3cc(C(=O)O)cc(C(=O)O)c3)C2=O)ccc1OCc1ccccc1Cl. The minimum absolute atomic E-state index is 0.0616. The lowest BCUT2D eigenvalue weighted by Gasteiger charge is -2.16. The molecule has 1 heterocycles. The van der Waals surface area contributed by atoms with Crippen LogP contribution < -0.4 is 14.4 Å². The fraction of sp³-hybridized carbons (Fsp3) is 0.111. The van der Waals surface area contributed by atoms with Gasteiger partial charge in [-0.2, -0.15) is 0 Å². The molecule has 194 valence electrons. The van der Waals surface area contributed by atoms with Crippen LogP contribution in [0.1, 0.15) is 38.8 Å². The summed E-state index contributed by atoms with van der Waals surface area (Å²) in [6.07, 6.45) is 1.62. The standard InChI is InChI=1S/C27H20ClNO7S2/c1-2-35-22-9-15(7-8-21(22)36-14-16-5-3-4-6-20(16)28)10-23-24(30)29(27(37)38-23)19-12-17(25(31)32)11-18(13-19)26(33)34/h3-13H,2,14H2,1H3,(H,31,32)(H,33,34)/b23-10-. The molecule has 1 aliphatic heterocycles. The molecule has 0 aliphatic carbocycles. The van der Waals surface area contributed by atoms with Crippen LogP contribution in [0.4, 0.5) is 5.69 Å². The maximum absolute atomic E-state index is 13.2. The zero-order chi connectivity index (χ0) is 27.4.